The SMILES string of the molecule is C[C@@H]1C(=O)Nc2ccc(C(=O)COC(=O)c3cnccn3)cc21. The molecule has 0 saturated heterocycles. The highest BCUT2D eigenvalue weighted by atomic mass is 16.5. The molecule has 0 saturated carbocycles. The third-order valence-electron chi connectivity index (χ3n) is 3.60. The van der Waals surface area contributed by atoms with Crippen molar-refractivity contribution in [2.24, 2.45) is 0 Å². The fraction of sp³-hybridized carbons (Fsp3) is 0.188. The lowest BCUT2D eigenvalue weighted by molar-refractivity contribution is -0.116. The smallest absolute Gasteiger partial charge is 0.358 e. The van der Waals surface area contributed by atoms with Gasteiger partial charge in [-0.15, -0.1) is 0 Å². The average Bonchev–Trinajstić information content (AvgIpc) is 2.87. The molecule has 7 nitrogen and oxygen atoms in total. The number of nitrogens with zero attached hydrogens (tertiary/aromatic N) is 2. The molecule has 2 aromatic rings. The number of hydrogen-bond donors (Lipinski definition) is 1. The standard InChI is InChI=1S/C16H13N3O4/c1-9-11-6-10(2-3-12(11)19-15(9)21)14(20)8-23-16(22)13-7-17-4-5-18-13/h2-7,9H,8H2,1H3,(H,19,21)/t9-/m0/s1. The lowest BCUT2D eigenvalue weighted by Gasteiger charge is -2.06. The number of hydrogen-bond acceptors (Lipinski definition) is 6. The zero-order valence-electron chi connectivity index (χ0n) is 12.3. The predicted octanol–water partition coefficient (Wildman–Crippen LogP) is 1.57. The van der Waals surface area contributed by atoms with Crippen molar-refractivity contribution >= 4 is 23.3 Å². The summed E-state index contributed by atoms with van der Waals surface area (Å²) in [6.07, 6.45) is 4.06. The van der Waals surface area contributed by atoms with Crippen LogP contribution in [-0.2, 0) is 9.53 Å². The van der Waals surface area contributed by atoms with Gasteiger partial charge in [-0.2, -0.15) is 0 Å². The van der Waals surface area contributed by atoms with E-state index in [1.54, 1.807) is 25.1 Å². The first-order chi connectivity index (χ1) is 11.1. The highest BCUT2D eigenvalue weighted by Gasteiger charge is 2.27. The normalized spacial score (nSPS) is 15.7. The molecule has 2 heterocycles. The van der Waals surface area contributed by atoms with Gasteiger partial charge in [-0.25, -0.2) is 9.78 Å². The van der Waals surface area contributed by atoms with Gasteiger partial charge >= 0.3 is 5.97 Å². The molecule has 23 heavy (non-hydrogen) atoms. The number of aromatic nitrogens is 2. The summed E-state index contributed by atoms with van der Waals surface area (Å²) in [6, 6.07) is 4.92. The lowest BCUT2D eigenvalue weighted by Crippen LogP contribution is -2.15. The van der Waals surface area contributed by atoms with Gasteiger partial charge in [0.1, 0.15) is 0 Å². The first kappa shape index (κ1) is 14.8. The van der Waals surface area contributed by atoms with Crippen molar-refractivity contribution in [2.75, 3.05) is 11.9 Å². The van der Waals surface area contributed by atoms with Crippen LogP contribution in [0.5, 0.6) is 0 Å². The van der Waals surface area contributed by atoms with Gasteiger partial charge < -0.3 is 10.1 Å². The molecular formula is C16H13N3O4. The Hall–Kier alpha value is -3.09. The molecule has 0 aliphatic carbocycles. The van der Waals surface area contributed by atoms with Crippen molar-refractivity contribution < 1.29 is 19.1 Å². The summed E-state index contributed by atoms with van der Waals surface area (Å²) in [5.74, 6) is -1.46. The zero-order chi connectivity index (χ0) is 16.4. The van der Waals surface area contributed by atoms with E-state index < -0.39 is 12.6 Å². The molecule has 1 aliphatic heterocycles. The number of amides is 1. The molecule has 1 aromatic heterocycles. The van der Waals surface area contributed by atoms with Crippen molar-refractivity contribution in [2.45, 2.75) is 12.8 Å². The van der Waals surface area contributed by atoms with E-state index >= 15 is 0 Å². The van der Waals surface area contributed by atoms with E-state index in [-0.39, 0.29) is 23.3 Å². The number of fused-ring (bicyclic) bond motifs is 1. The van der Waals surface area contributed by atoms with Gasteiger partial charge in [0.2, 0.25) is 5.91 Å². The highest BCUT2D eigenvalue weighted by Crippen LogP contribution is 2.32. The molecule has 0 bridgehead atoms. The molecule has 0 radical (unpaired) electrons. The van der Waals surface area contributed by atoms with Crippen molar-refractivity contribution in [3.8, 4) is 0 Å². The third-order valence-corrected chi connectivity index (χ3v) is 3.60. The molecule has 0 unspecified atom stereocenters. The van der Waals surface area contributed by atoms with Crippen molar-refractivity contribution in [1.82, 2.24) is 9.97 Å². The summed E-state index contributed by atoms with van der Waals surface area (Å²) in [5.41, 5.74) is 1.90. The number of nitrogens with one attached hydrogen (secondary N) is 1. The van der Waals surface area contributed by atoms with Crippen LogP contribution < -0.4 is 5.32 Å². The maximum atomic E-state index is 12.1. The van der Waals surface area contributed by atoms with E-state index in [0.29, 0.717) is 11.3 Å². The quantitative estimate of drug-likeness (QED) is 0.680. The number of carbonyl (C=O) groups excluding carboxylic acids is 3. The number of ketones is 1. The fourth-order valence-electron chi connectivity index (χ4n) is 2.28. The molecule has 0 spiro atoms. The number of ether oxygens (including phenoxy) is 1. The second kappa shape index (κ2) is 5.96. The molecule has 3 rings (SSSR count). The van der Waals surface area contributed by atoms with E-state index in [1.807, 2.05) is 0 Å². The van der Waals surface area contributed by atoms with E-state index in [9.17, 15) is 14.4 Å². The molecule has 1 aliphatic rings. The van der Waals surface area contributed by atoms with Gasteiger partial charge in [-0.3, -0.25) is 14.6 Å². The molecule has 0 fully saturated rings. The average molecular weight is 311 g/mol. The summed E-state index contributed by atoms with van der Waals surface area (Å²) >= 11 is 0. The van der Waals surface area contributed by atoms with Crippen molar-refractivity contribution in [3.63, 3.8) is 0 Å². The summed E-state index contributed by atoms with van der Waals surface area (Å²) in [4.78, 5) is 43.0. The van der Waals surface area contributed by atoms with Crippen LogP contribution in [0, 0.1) is 0 Å². The van der Waals surface area contributed by atoms with Crippen LogP contribution in [0.2, 0.25) is 0 Å². The van der Waals surface area contributed by atoms with Gasteiger partial charge in [0.25, 0.3) is 0 Å². The second-order valence-corrected chi connectivity index (χ2v) is 5.10. The van der Waals surface area contributed by atoms with Crippen LogP contribution in [0.15, 0.2) is 36.8 Å². The van der Waals surface area contributed by atoms with Crippen LogP contribution in [0.3, 0.4) is 0 Å². The number of esters is 1. The maximum absolute atomic E-state index is 12.1. The minimum Gasteiger partial charge on any atom is -0.453 e. The summed E-state index contributed by atoms with van der Waals surface area (Å²) in [7, 11) is 0. The van der Waals surface area contributed by atoms with Crippen LogP contribution >= 0.6 is 0 Å². The van der Waals surface area contributed by atoms with Crippen LogP contribution in [0.4, 0.5) is 5.69 Å². The van der Waals surface area contributed by atoms with Crippen LogP contribution in [-0.4, -0.2) is 34.2 Å². The van der Waals surface area contributed by atoms with Gasteiger partial charge in [0.15, 0.2) is 18.1 Å². The Balaban J connectivity index is 1.68. The Morgan fingerprint density at radius 2 is 2.13 bits per heavy atom. The number of anilines is 1. The Bertz CT molecular complexity index is 789. The Labute approximate surface area is 131 Å². The highest BCUT2D eigenvalue weighted by molar-refractivity contribution is 6.05. The number of carbonyl (C=O) groups is 3. The zero-order valence-corrected chi connectivity index (χ0v) is 12.3. The number of Topliss-reactive ketones (excluding diaryl/α,β-unsaturated/α-hetero) is 1. The molecule has 7 heteroatoms. The minimum absolute atomic E-state index is 0.0395. The van der Waals surface area contributed by atoms with Gasteiger partial charge in [0.05, 0.1) is 12.1 Å². The molecule has 1 amide bonds. The van der Waals surface area contributed by atoms with Gasteiger partial charge in [-0.1, -0.05) is 0 Å². The van der Waals surface area contributed by atoms with Crippen molar-refractivity contribution in [3.05, 3.63) is 53.6 Å². The molecule has 1 aromatic carbocycles. The first-order valence-corrected chi connectivity index (χ1v) is 6.97. The molecule has 116 valence electrons. The lowest BCUT2D eigenvalue weighted by atomic mass is 9.99. The molecular weight excluding hydrogens is 298 g/mol. The van der Waals surface area contributed by atoms with Gasteiger partial charge in [-0.05, 0) is 30.7 Å². The Kier molecular flexibility index (Phi) is 3.84. The maximum Gasteiger partial charge on any atom is 0.358 e. The Morgan fingerprint density at radius 3 is 2.87 bits per heavy atom. The largest absolute Gasteiger partial charge is 0.453 e. The van der Waals surface area contributed by atoms with E-state index in [2.05, 4.69) is 15.3 Å². The van der Waals surface area contributed by atoms with Crippen LogP contribution in [0.25, 0.3) is 0 Å². The van der Waals surface area contributed by atoms with Crippen molar-refractivity contribution in [1.29, 1.82) is 0 Å². The summed E-state index contributed by atoms with van der Waals surface area (Å²) in [5, 5.41) is 2.73. The summed E-state index contributed by atoms with van der Waals surface area (Å²) < 4.78 is 4.94. The first-order valence-electron chi connectivity index (χ1n) is 6.97. The molecule has 1 atom stereocenters. The summed E-state index contributed by atoms with van der Waals surface area (Å²) in [6.45, 7) is 1.37. The number of rotatable bonds is 4. The number of benzene rings is 1. The van der Waals surface area contributed by atoms with Gasteiger partial charge in [0, 0.05) is 23.6 Å². The monoisotopic (exact) mass is 311 g/mol. The third kappa shape index (κ3) is 2.94. The Morgan fingerprint density at radius 1 is 1.30 bits per heavy atom. The second-order valence-electron chi connectivity index (χ2n) is 5.10. The predicted molar refractivity (Wildman–Crippen MR) is 80.1 cm³/mol. The molecule has 1 N–H and O–H groups in total. The minimum atomic E-state index is -0.710. The van der Waals surface area contributed by atoms with E-state index in [0.717, 1.165) is 5.56 Å². The van der Waals surface area contributed by atoms with E-state index in [4.69, 9.17) is 4.74 Å². The van der Waals surface area contributed by atoms with Crippen LogP contribution in [0.1, 0.15) is 39.3 Å². The van der Waals surface area contributed by atoms with E-state index in [1.165, 1.54) is 18.6 Å². The topological polar surface area (TPSA) is 98.2 Å². The fourth-order valence-corrected chi connectivity index (χ4v) is 2.28.